The van der Waals surface area contributed by atoms with Gasteiger partial charge in [0.1, 0.15) is 0 Å². The van der Waals surface area contributed by atoms with Gasteiger partial charge in [-0.2, -0.15) is 0 Å². The molecule has 116 valence electrons. The number of nitrogens with two attached hydrogens (primary N) is 1. The van der Waals surface area contributed by atoms with Crippen LogP contribution in [-0.2, 0) is 12.8 Å². The van der Waals surface area contributed by atoms with Gasteiger partial charge in [-0.3, -0.25) is 4.79 Å². The summed E-state index contributed by atoms with van der Waals surface area (Å²) in [5.74, 6) is 0.585. The summed E-state index contributed by atoms with van der Waals surface area (Å²) in [5.41, 5.74) is 8.62. The minimum Gasteiger partial charge on any atom is -0.390 e. The molecule has 0 bridgehead atoms. The van der Waals surface area contributed by atoms with E-state index in [0.29, 0.717) is 21.3 Å². The Bertz CT molecular complexity index is 711. The number of thiophene rings is 1. The third kappa shape index (κ3) is 2.99. The molecular weight excluding hydrogens is 316 g/mol. The Labute approximate surface area is 139 Å². The number of halogens is 1. The number of benzene rings is 1. The lowest BCUT2D eigenvalue weighted by molar-refractivity contribution is 0.102. The molecule has 1 atom stereocenters. The Hall–Kier alpha value is -1.52. The summed E-state index contributed by atoms with van der Waals surface area (Å²) in [7, 11) is 0. The van der Waals surface area contributed by atoms with Crippen LogP contribution in [0.25, 0.3) is 0 Å². The minimum absolute atomic E-state index is 0.132. The largest absolute Gasteiger partial charge is 0.390 e. The van der Waals surface area contributed by atoms with E-state index in [9.17, 15) is 4.79 Å². The lowest BCUT2D eigenvalue weighted by atomic mass is 9.85. The highest BCUT2D eigenvalue weighted by Gasteiger charge is 2.27. The average molecular weight is 335 g/mol. The zero-order chi connectivity index (χ0) is 15.7. The van der Waals surface area contributed by atoms with Crippen LogP contribution < -0.4 is 11.1 Å². The van der Waals surface area contributed by atoms with Crippen molar-refractivity contribution in [2.24, 2.45) is 5.92 Å². The van der Waals surface area contributed by atoms with Crippen molar-refractivity contribution in [3.8, 4) is 0 Å². The van der Waals surface area contributed by atoms with Crippen LogP contribution in [0.3, 0.4) is 0 Å². The summed E-state index contributed by atoms with van der Waals surface area (Å²) in [5, 5.41) is 4.13. The van der Waals surface area contributed by atoms with E-state index in [-0.39, 0.29) is 5.91 Å². The van der Waals surface area contributed by atoms with Crippen molar-refractivity contribution < 1.29 is 4.79 Å². The number of fused-ring (bicyclic) bond motifs is 1. The lowest BCUT2D eigenvalue weighted by Gasteiger charge is -2.21. The first-order valence-corrected chi connectivity index (χ1v) is 8.74. The summed E-state index contributed by atoms with van der Waals surface area (Å²) >= 11 is 7.53. The summed E-state index contributed by atoms with van der Waals surface area (Å²) in [4.78, 5) is 13.9. The number of hydrogen-bond donors (Lipinski definition) is 2. The molecule has 0 spiro atoms. The molecule has 3 rings (SSSR count). The van der Waals surface area contributed by atoms with Gasteiger partial charge < -0.3 is 11.1 Å². The van der Waals surface area contributed by atoms with E-state index >= 15 is 0 Å². The van der Waals surface area contributed by atoms with Crippen molar-refractivity contribution >= 4 is 39.5 Å². The number of rotatable bonds is 3. The molecule has 1 heterocycles. The average Bonchev–Trinajstić information content (AvgIpc) is 2.81. The SMILES string of the molecule is CCC1CCc2c(sc(N)c2C(=O)Nc2cccc(Cl)c2)C1. The smallest absolute Gasteiger partial charge is 0.258 e. The fraction of sp³-hybridized carbons (Fsp3) is 0.353. The number of nitrogen functional groups attached to an aromatic ring is 1. The molecule has 1 aliphatic rings. The topological polar surface area (TPSA) is 55.1 Å². The number of anilines is 2. The molecule has 3 nitrogen and oxygen atoms in total. The second-order valence-corrected chi connectivity index (χ2v) is 7.30. The van der Waals surface area contributed by atoms with E-state index in [1.165, 1.54) is 11.3 Å². The lowest BCUT2D eigenvalue weighted by Crippen LogP contribution is -2.18. The molecule has 0 saturated heterocycles. The Morgan fingerprint density at radius 2 is 2.32 bits per heavy atom. The van der Waals surface area contributed by atoms with Crippen molar-refractivity contribution in [1.29, 1.82) is 0 Å². The second-order valence-electron chi connectivity index (χ2n) is 5.72. The highest BCUT2D eigenvalue weighted by atomic mass is 35.5. The Kier molecular flexibility index (Phi) is 4.41. The molecule has 3 N–H and O–H groups in total. The molecule has 1 unspecified atom stereocenters. The van der Waals surface area contributed by atoms with Gasteiger partial charge >= 0.3 is 0 Å². The molecule has 1 aromatic carbocycles. The van der Waals surface area contributed by atoms with Crippen LogP contribution in [0.2, 0.25) is 5.02 Å². The molecule has 1 amide bonds. The highest BCUT2D eigenvalue weighted by Crippen LogP contribution is 2.39. The van der Waals surface area contributed by atoms with E-state index in [4.69, 9.17) is 17.3 Å². The van der Waals surface area contributed by atoms with Crippen LogP contribution in [0.15, 0.2) is 24.3 Å². The van der Waals surface area contributed by atoms with Crippen LogP contribution in [0.4, 0.5) is 10.7 Å². The first kappa shape index (κ1) is 15.4. The van der Waals surface area contributed by atoms with Crippen LogP contribution in [0, 0.1) is 5.92 Å². The molecule has 0 fully saturated rings. The van der Waals surface area contributed by atoms with Gasteiger partial charge in [0.2, 0.25) is 0 Å². The Morgan fingerprint density at radius 3 is 3.05 bits per heavy atom. The van der Waals surface area contributed by atoms with Gasteiger partial charge in [0.05, 0.1) is 10.6 Å². The van der Waals surface area contributed by atoms with Crippen LogP contribution >= 0.6 is 22.9 Å². The fourth-order valence-electron chi connectivity index (χ4n) is 3.03. The van der Waals surface area contributed by atoms with Crippen molar-refractivity contribution in [2.45, 2.75) is 32.6 Å². The standard InChI is InChI=1S/C17H19ClN2OS/c1-2-10-6-7-13-14(8-10)22-16(19)15(13)17(21)20-12-5-3-4-11(18)9-12/h3-5,9-10H,2,6-8,19H2,1H3,(H,20,21). The van der Waals surface area contributed by atoms with E-state index in [1.54, 1.807) is 23.5 Å². The van der Waals surface area contributed by atoms with Gasteiger partial charge in [-0.25, -0.2) is 0 Å². The third-order valence-electron chi connectivity index (χ3n) is 4.28. The summed E-state index contributed by atoms with van der Waals surface area (Å²) in [6, 6.07) is 7.16. The molecule has 22 heavy (non-hydrogen) atoms. The number of carbonyl (C=O) groups excluding carboxylic acids is 1. The van der Waals surface area contributed by atoms with Crippen molar-refractivity contribution in [1.82, 2.24) is 0 Å². The van der Waals surface area contributed by atoms with Gasteiger partial charge in [0, 0.05) is 15.6 Å². The van der Waals surface area contributed by atoms with Gasteiger partial charge in [-0.15, -0.1) is 11.3 Å². The van der Waals surface area contributed by atoms with Gasteiger partial charge in [0.15, 0.2) is 0 Å². The van der Waals surface area contributed by atoms with Crippen LogP contribution in [0.5, 0.6) is 0 Å². The summed E-state index contributed by atoms with van der Waals surface area (Å²) < 4.78 is 0. The van der Waals surface area contributed by atoms with Crippen molar-refractivity contribution in [2.75, 3.05) is 11.1 Å². The maximum Gasteiger partial charge on any atom is 0.258 e. The number of carbonyl (C=O) groups is 1. The molecule has 2 aromatic rings. The first-order chi connectivity index (χ1) is 10.6. The molecule has 1 aliphatic carbocycles. The number of nitrogens with one attached hydrogen (secondary N) is 1. The van der Waals surface area contributed by atoms with E-state index in [2.05, 4.69) is 12.2 Å². The summed E-state index contributed by atoms with van der Waals surface area (Å²) in [6.07, 6.45) is 4.31. The molecule has 0 aliphatic heterocycles. The molecule has 5 heteroatoms. The van der Waals surface area contributed by atoms with Gasteiger partial charge in [-0.1, -0.05) is 31.0 Å². The Morgan fingerprint density at radius 1 is 1.50 bits per heavy atom. The molecule has 0 saturated carbocycles. The second kappa shape index (κ2) is 6.31. The van der Waals surface area contributed by atoms with Gasteiger partial charge in [-0.05, 0) is 48.9 Å². The molecular formula is C17H19ClN2OS. The van der Waals surface area contributed by atoms with E-state index in [1.807, 2.05) is 12.1 Å². The quantitative estimate of drug-likeness (QED) is 0.850. The normalized spacial score (nSPS) is 17.1. The zero-order valence-corrected chi connectivity index (χ0v) is 14.1. The van der Waals surface area contributed by atoms with E-state index < -0.39 is 0 Å². The molecule has 0 radical (unpaired) electrons. The predicted molar refractivity (Wildman–Crippen MR) is 93.9 cm³/mol. The first-order valence-electron chi connectivity index (χ1n) is 7.55. The fourth-order valence-corrected chi connectivity index (χ4v) is 4.45. The minimum atomic E-state index is -0.132. The van der Waals surface area contributed by atoms with Gasteiger partial charge in [0.25, 0.3) is 5.91 Å². The molecule has 1 aromatic heterocycles. The van der Waals surface area contributed by atoms with Crippen LogP contribution in [-0.4, -0.2) is 5.91 Å². The summed E-state index contributed by atoms with van der Waals surface area (Å²) in [6.45, 7) is 2.22. The van der Waals surface area contributed by atoms with Crippen LogP contribution in [0.1, 0.15) is 40.6 Å². The maximum absolute atomic E-state index is 12.6. The predicted octanol–water partition coefficient (Wildman–Crippen LogP) is 4.75. The van der Waals surface area contributed by atoms with E-state index in [0.717, 1.165) is 30.7 Å². The Balaban J connectivity index is 1.86. The number of amides is 1. The van der Waals surface area contributed by atoms with Crippen molar-refractivity contribution in [3.63, 3.8) is 0 Å². The van der Waals surface area contributed by atoms with Crippen molar-refractivity contribution in [3.05, 3.63) is 45.3 Å². The zero-order valence-electron chi connectivity index (χ0n) is 12.5. The highest BCUT2D eigenvalue weighted by molar-refractivity contribution is 7.16. The monoisotopic (exact) mass is 334 g/mol. The third-order valence-corrected chi connectivity index (χ3v) is 5.60. The maximum atomic E-state index is 12.6. The number of hydrogen-bond acceptors (Lipinski definition) is 3.